The molecule has 0 aromatic heterocycles. The van der Waals surface area contributed by atoms with Crippen molar-refractivity contribution in [2.45, 2.75) is 123 Å². The molecule has 0 spiro atoms. The average Bonchev–Trinajstić information content (AvgIpc) is 2.71. The van der Waals surface area contributed by atoms with E-state index >= 15 is 0 Å². The lowest BCUT2D eigenvalue weighted by atomic mass is 9.64. The summed E-state index contributed by atoms with van der Waals surface area (Å²) in [6, 6.07) is 0. The van der Waals surface area contributed by atoms with Crippen LogP contribution < -0.4 is 0 Å². The van der Waals surface area contributed by atoms with E-state index in [1.165, 1.54) is 25.7 Å². The fourth-order valence-corrected chi connectivity index (χ4v) is 7.78. The minimum atomic E-state index is 1.02. The van der Waals surface area contributed by atoms with Crippen LogP contribution in [0.1, 0.15) is 123 Å². The van der Waals surface area contributed by atoms with Gasteiger partial charge < -0.3 is 0 Å². The van der Waals surface area contributed by atoms with Gasteiger partial charge in [-0.05, 0) is 105 Å². The molecular weight excluding hydrogens is 324 g/mol. The SMILES string of the molecule is CC1CCC(CC2CCC(C3CCC(C4CCC(C)CC4)CC3)CC2)CC1. The first-order valence-electron chi connectivity index (χ1n) is 13.2. The molecule has 0 nitrogen and oxygen atoms in total. The number of hydrogen-bond donors (Lipinski definition) is 0. The van der Waals surface area contributed by atoms with E-state index in [2.05, 4.69) is 13.8 Å². The third-order valence-corrected chi connectivity index (χ3v) is 9.90. The van der Waals surface area contributed by atoms with Crippen LogP contribution in [0.15, 0.2) is 0 Å². The van der Waals surface area contributed by atoms with Gasteiger partial charge >= 0.3 is 0 Å². The van der Waals surface area contributed by atoms with E-state index in [1.807, 2.05) is 0 Å². The summed E-state index contributed by atoms with van der Waals surface area (Å²) in [6.45, 7) is 4.93. The van der Waals surface area contributed by atoms with Crippen molar-refractivity contribution in [2.24, 2.45) is 47.3 Å². The first-order valence-corrected chi connectivity index (χ1v) is 13.2. The van der Waals surface area contributed by atoms with Crippen molar-refractivity contribution in [3.63, 3.8) is 0 Å². The lowest BCUT2D eigenvalue weighted by Crippen LogP contribution is -2.30. The maximum absolute atomic E-state index is 2.47. The maximum atomic E-state index is 2.47. The van der Waals surface area contributed by atoms with E-state index in [0.717, 1.165) is 47.3 Å². The zero-order valence-electron chi connectivity index (χ0n) is 18.6. The van der Waals surface area contributed by atoms with Crippen molar-refractivity contribution in [3.8, 4) is 0 Å². The quantitative estimate of drug-likeness (QED) is 0.463. The van der Waals surface area contributed by atoms with E-state index in [1.54, 1.807) is 83.5 Å². The molecule has 0 bridgehead atoms. The summed E-state index contributed by atoms with van der Waals surface area (Å²) in [7, 11) is 0. The monoisotopic (exact) mass is 372 g/mol. The van der Waals surface area contributed by atoms with Gasteiger partial charge in [-0.15, -0.1) is 0 Å². The molecule has 4 aliphatic carbocycles. The third-order valence-electron chi connectivity index (χ3n) is 9.90. The smallest absolute Gasteiger partial charge is 0.0386 e. The molecule has 0 heteroatoms. The third kappa shape index (κ3) is 5.54. The Morgan fingerprint density at radius 3 is 1.04 bits per heavy atom. The van der Waals surface area contributed by atoms with E-state index in [4.69, 9.17) is 0 Å². The number of rotatable bonds is 4. The molecule has 0 amide bonds. The van der Waals surface area contributed by atoms with Crippen molar-refractivity contribution in [1.29, 1.82) is 0 Å². The molecule has 0 atom stereocenters. The molecule has 0 N–H and O–H groups in total. The van der Waals surface area contributed by atoms with Crippen LogP contribution in [0.3, 0.4) is 0 Å². The summed E-state index contributed by atoms with van der Waals surface area (Å²) >= 11 is 0. The van der Waals surface area contributed by atoms with Gasteiger partial charge in [0.25, 0.3) is 0 Å². The summed E-state index contributed by atoms with van der Waals surface area (Å²) in [5.41, 5.74) is 0. The Morgan fingerprint density at radius 2 is 0.630 bits per heavy atom. The second-order valence-corrected chi connectivity index (χ2v) is 11.8. The van der Waals surface area contributed by atoms with Crippen molar-refractivity contribution in [1.82, 2.24) is 0 Å². The fourth-order valence-electron chi connectivity index (χ4n) is 7.78. The summed E-state index contributed by atoms with van der Waals surface area (Å²) in [4.78, 5) is 0. The molecule has 0 unspecified atom stereocenters. The highest BCUT2D eigenvalue weighted by Gasteiger charge is 2.34. The molecule has 0 radical (unpaired) electrons. The molecule has 0 aliphatic heterocycles. The van der Waals surface area contributed by atoms with Crippen molar-refractivity contribution >= 4 is 0 Å². The normalized spacial score (nSPS) is 46.9. The molecule has 0 aromatic carbocycles. The highest BCUT2D eigenvalue weighted by Crippen LogP contribution is 2.47. The highest BCUT2D eigenvalue weighted by atomic mass is 14.4. The molecule has 4 saturated carbocycles. The maximum Gasteiger partial charge on any atom is -0.0386 e. The van der Waals surface area contributed by atoms with Gasteiger partial charge in [0.15, 0.2) is 0 Å². The van der Waals surface area contributed by atoms with E-state index in [9.17, 15) is 0 Å². The lowest BCUT2D eigenvalue weighted by Gasteiger charge is -2.41. The molecule has 0 aromatic rings. The van der Waals surface area contributed by atoms with Gasteiger partial charge in [0.1, 0.15) is 0 Å². The Hall–Kier alpha value is 0. The Kier molecular flexibility index (Phi) is 7.26. The molecular formula is C27H48. The molecule has 0 saturated heterocycles. The average molecular weight is 373 g/mol. The van der Waals surface area contributed by atoms with Crippen molar-refractivity contribution in [2.75, 3.05) is 0 Å². The van der Waals surface area contributed by atoms with Crippen LogP contribution in [-0.4, -0.2) is 0 Å². The van der Waals surface area contributed by atoms with E-state index < -0.39 is 0 Å². The predicted octanol–water partition coefficient (Wildman–Crippen LogP) is 8.64. The molecule has 4 fully saturated rings. The zero-order chi connectivity index (χ0) is 18.6. The predicted molar refractivity (Wildman–Crippen MR) is 118 cm³/mol. The van der Waals surface area contributed by atoms with E-state index in [-0.39, 0.29) is 0 Å². The minimum absolute atomic E-state index is 1.02. The van der Waals surface area contributed by atoms with Crippen LogP contribution in [0.4, 0.5) is 0 Å². The van der Waals surface area contributed by atoms with Gasteiger partial charge in [-0.3, -0.25) is 0 Å². The van der Waals surface area contributed by atoms with E-state index in [0.29, 0.717) is 0 Å². The molecule has 156 valence electrons. The van der Waals surface area contributed by atoms with Crippen LogP contribution in [0.25, 0.3) is 0 Å². The van der Waals surface area contributed by atoms with Crippen LogP contribution in [0.5, 0.6) is 0 Å². The van der Waals surface area contributed by atoms with Crippen molar-refractivity contribution < 1.29 is 0 Å². The topological polar surface area (TPSA) is 0 Å². The van der Waals surface area contributed by atoms with Crippen LogP contribution in [0.2, 0.25) is 0 Å². The van der Waals surface area contributed by atoms with Gasteiger partial charge in [-0.1, -0.05) is 65.2 Å². The molecule has 4 aliphatic rings. The first kappa shape index (κ1) is 20.3. The fraction of sp³-hybridized carbons (Fsp3) is 1.00. The highest BCUT2D eigenvalue weighted by molar-refractivity contribution is 4.86. The largest absolute Gasteiger partial charge is 0.0625 e. The van der Waals surface area contributed by atoms with Gasteiger partial charge in [0.05, 0.1) is 0 Å². The summed E-state index contributed by atoms with van der Waals surface area (Å²) in [5.74, 6) is 8.67. The Morgan fingerprint density at radius 1 is 0.370 bits per heavy atom. The van der Waals surface area contributed by atoms with Crippen LogP contribution in [-0.2, 0) is 0 Å². The Bertz CT molecular complexity index is 407. The van der Waals surface area contributed by atoms with Gasteiger partial charge in [0.2, 0.25) is 0 Å². The Labute approximate surface area is 170 Å². The van der Waals surface area contributed by atoms with Gasteiger partial charge in [-0.25, -0.2) is 0 Å². The van der Waals surface area contributed by atoms with Crippen LogP contribution in [0, 0.1) is 47.3 Å². The summed E-state index contributed by atoms with van der Waals surface area (Å²) in [6.07, 6.45) is 26.6. The van der Waals surface area contributed by atoms with Crippen molar-refractivity contribution in [3.05, 3.63) is 0 Å². The zero-order valence-corrected chi connectivity index (χ0v) is 18.6. The molecule has 27 heavy (non-hydrogen) atoms. The number of hydrogen-bond acceptors (Lipinski definition) is 0. The second kappa shape index (κ2) is 9.67. The first-order chi connectivity index (χ1) is 13.2. The summed E-state index contributed by atoms with van der Waals surface area (Å²) < 4.78 is 0. The second-order valence-electron chi connectivity index (χ2n) is 11.8. The van der Waals surface area contributed by atoms with Crippen LogP contribution >= 0.6 is 0 Å². The lowest BCUT2D eigenvalue weighted by molar-refractivity contribution is 0.100. The van der Waals surface area contributed by atoms with Gasteiger partial charge in [-0.2, -0.15) is 0 Å². The minimum Gasteiger partial charge on any atom is -0.0625 e. The summed E-state index contributed by atoms with van der Waals surface area (Å²) in [5, 5.41) is 0. The molecule has 0 heterocycles. The molecule has 4 rings (SSSR count). The Balaban J connectivity index is 1.14. The standard InChI is InChI=1S/C27H48/c1-20-3-7-22(8-4-20)19-23-9-13-25(14-10-23)27-17-15-26(16-18-27)24-11-5-21(2)6-12-24/h20-27H,3-19H2,1-2H3. The van der Waals surface area contributed by atoms with Gasteiger partial charge in [0, 0.05) is 0 Å².